The number of nitrogens with one attached hydrogen (secondary N) is 2. The summed E-state index contributed by atoms with van der Waals surface area (Å²) in [5.41, 5.74) is 2.41. The molecular weight excluding hydrogens is 364 g/mol. The van der Waals surface area contributed by atoms with E-state index in [0.717, 1.165) is 21.9 Å². The third kappa shape index (κ3) is 3.66. The number of fused-ring (bicyclic) bond motifs is 1. The van der Waals surface area contributed by atoms with E-state index in [0.29, 0.717) is 40.9 Å². The van der Waals surface area contributed by atoms with Crippen molar-refractivity contribution in [3.05, 3.63) is 52.4 Å². The van der Waals surface area contributed by atoms with Crippen LogP contribution in [0.3, 0.4) is 0 Å². The summed E-state index contributed by atoms with van der Waals surface area (Å²) in [6.07, 6.45) is 7.11. The first kappa shape index (κ1) is 18.9. The van der Waals surface area contributed by atoms with Gasteiger partial charge in [-0.05, 0) is 35.6 Å². The minimum absolute atomic E-state index is 0.522. The fourth-order valence-corrected chi connectivity index (χ4v) is 3.27. The zero-order valence-electron chi connectivity index (χ0n) is 15.5. The van der Waals surface area contributed by atoms with Crippen molar-refractivity contribution in [2.24, 2.45) is 0 Å². The molecule has 0 radical (unpaired) electrons. The van der Waals surface area contributed by atoms with Gasteiger partial charge in [0.15, 0.2) is 11.5 Å². The molecule has 3 aromatic rings. The maximum absolute atomic E-state index is 7.68. The molecule has 2 N–H and O–H groups in total. The molecule has 0 aliphatic heterocycles. The molecule has 0 atom stereocenters. The summed E-state index contributed by atoms with van der Waals surface area (Å²) in [5, 5.41) is 13.3. The topological polar surface area (TPSA) is 80.1 Å². The molecule has 7 heteroatoms. The van der Waals surface area contributed by atoms with Crippen LogP contribution < -0.4 is 14.8 Å². The molecule has 27 heavy (non-hydrogen) atoms. The Balaban J connectivity index is 2.08. The first-order valence-corrected chi connectivity index (χ1v) is 8.91. The molecule has 0 amide bonds. The van der Waals surface area contributed by atoms with Gasteiger partial charge in [0.2, 0.25) is 0 Å². The van der Waals surface area contributed by atoms with Crippen molar-refractivity contribution in [1.29, 1.82) is 5.41 Å². The van der Waals surface area contributed by atoms with Crippen LogP contribution in [-0.2, 0) is 6.42 Å². The molecule has 0 saturated heterocycles. The Morgan fingerprint density at radius 1 is 1.11 bits per heavy atom. The minimum atomic E-state index is 0.522. The second kappa shape index (κ2) is 8.22. The van der Waals surface area contributed by atoms with Crippen molar-refractivity contribution >= 4 is 34.4 Å². The van der Waals surface area contributed by atoms with Gasteiger partial charge in [0.1, 0.15) is 5.82 Å². The number of methoxy groups -OCH3 is 2. The number of nitrogens with zero attached hydrogens (tertiary/aromatic N) is 2. The summed E-state index contributed by atoms with van der Waals surface area (Å²) >= 11 is 6.56. The molecule has 0 unspecified atom stereocenters. The summed E-state index contributed by atoms with van der Waals surface area (Å²) < 4.78 is 10.8. The Morgan fingerprint density at radius 2 is 1.85 bits per heavy atom. The zero-order valence-corrected chi connectivity index (χ0v) is 16.2. The predicted octanol–water partition coefficient (Wildman–Crippen LogP) is 4.32. The molecule has 0 fully saturated rings. The Hall–Kier alpha value is -2.86. The fraction of sp³-hybridized carbons (Fsp3) is 0.250. The summed E-state index contributed by atoms with van der Waals surface area (Å²) in [6, 6.07) is 3.85. The lowest BCUT2D eigenvalue weighted by Crippen LogP contribution is -2.06. The lowest BCUT2D eigenvalue weighted by molar-refractivity contribution is 0.356. The van der Waals surface area contributed by atoms with Crippen molar-refractivity contribution in [1.82, 2.24) is 9.97 Å². The first-order valence-electron chi connectivity index (χ1n) is 8.53. The third-order valence-corrected chi connectivity index (χ3v) is 4.78. The molecular formula is C20H21ClN4O2. The lowest BCUT2D eigenvalue weighted by Gasteiger charge is -2.14. The van der Waals surface area contributed by atoms with E-state index < -0.39 is 0 Å². The highest BCUT2D eigenvalue weighted by atomic mass is 35.5. The van der Waals surface area contributed by atoms with Gasteiger partial charge in [-0.3, -0.25) is 4.98 Å². The molecule has 0 saturated carbocycles. The Labute approximate surface area is 163 Å². The Kier molecular flexibility index (Phi) is 5.76. The summed E-state index contributed by atoms with van der Waals surface area (Å²) in [5.74, 6) is 1.93. The van der Waals surface area contributed by atoms with Crippen LogP contribution >= 0.6 is 11.6 Å². The monoisotopic (exact) mass is 384 g/mol. The lowest BCUT2D eigenvalue weighted by atomic mass is 10.0. The molecule has 140 valence electrons. The number of halogens is 1. The van der Waals surface area contributed by atoms with E-state index in [1.54, 1.807) is 26.6 Å². The van der Waals surface area contributed by atoms with Crippen LogP contribution in [-0.4, -0.2) is 36.9 Å². The van der Waals surface area contributed by atoms with Crippen LogP contribution in [0.1, 0.15) is 23.6 Å². The van der Waals surface area contributed by atoms with E-state index in [-0.39, 0.29) is 0 Å². The molecule has 3 rings (SSSR count). The quantitative estimate of drug-likeness (QED) is 0.593. The minimum Gasteiger partial charge on any atom is -0.493 e. The van der Waals surface area contributed by atoms with Gasteiger partial charge >= 0.3 is 0 Å². The summed E-state index contributed by atoms with van der Waals surface area (Å²) in [4.78, 5) is 8.77. The molecule has 0 aliphatic rings. The maximum atomic E-state index is 7.68. The predicted molar refractivity (Wildman–Crippen MR) is 109 cm³/mol. The Morgan fingerprint density at radius 3 is 2.52 bits per heavy atom. The van der Waals surface area contributed by atoms with Gasteiger partial charge in [0.05, 0.1) is 24.8 Å². The standard InChI is InChI=1S/C20H21ClN4O2/c1-4-24-20-16(8-22)19(21)14(11-25-20)5-12-9-23-10-13-6-17(26-2)18(27-3)7-15(12)13/h6-11,22H,4-5H2,1-3H3,(H,24,25). The number of hydrogen-bond donors (Lipinski definition) is 2. The number of benzene rings is 1. The normalized spacial score (nSPS) is 10.7. The number of hydrogen-bond acceptors (Lipinski definition) is 6. The van der Waals surface area contributed by atoms with E-state index in [4.69, 9.17) is 26.5 Å². The van der Waals surface area contributed by atoms with Gasteiger partial charge < -0.3 is 20.2 Å². The number of pyridine rings is 2. The van der Waals surface area contributed by atoms with Gasteiger partial charge in [0.25, 0.3) is 0 Å². The first-order chi connectivity index (χ1) is 13.1. The average Bonchev–Trinajstić information content (AvgIpc) is 2.69. The van der Waals surface area contributed by atoms with Gasteiger partial charge in [-0.1, -0.05) is 11.6 Å². The van der Waals surface area contributed by atoms with E-state index in [1.165, 1.54) is 6.21 Å². The van der Waals surface area contributed by atoms with Gasteiger partial charge in [-0.15, -0.1) is 0 Å². The summed E-state index contributed by atoms with van der Waals surface area (Å²) in [6.45, 7) is 2.68. The van der Waals surface area contributed by atoms with Crippen LogP contribution in [0, 0.1) is 5.41 Å². The molecule has 2 aromatic heterocycles. The molecule has 0 bridgehead atoms. The molecule has 6 nitrogen and oxygen atoms in total. The highest BCUT2D eigenvalue weighted by molar-refractivity contribution is 6.34. The van der Waals surface area contributed by atoms with Crippen LogP contribution in [0.2, 0.25) is 5.02 Å². The van der Waals surface area contributed by atoms with Crippen molar-refractivity contribution in [3.63, 3.8) is 0 Å². The molecule has 0 aliphatic carbocycles. The van der Waals surface area contributed by atoms with Gasteiger partial charge in [-0.2, -0.15) is 0 Å². The van der Waals surface area contributed by atoms with Crippen LogP contribution in [0.5, 0.6) is 11.5 Å². The van der Waals surface area contributed by atoms with Crippen LogP contribution in [0.4, 0.5) is 5.82 Å². The van der Waals surface area contributed by atoms with Crippen LogP contribution in [0.15, 0.2) is 30.7 Å². The van der Waals surface area contributed by atoms with Crippen molar-refractivity contribution in [2.75, 3.05) is 26.1 Å². The smallest absolute Gasteiger partial charge is 0.161 e. The SMILES string of the molecule is CCNc1ncc(Cc2cncc3cc(OC)c(OC)cc23)c(Cl)c1C=N. The number of anilines is 1. The van der Waals surface area contributed by atoms with E-state index >= 15 is 0 Å². The second-order valence-electron chi connectivity index (χ2n) is 5.94. The zero-order chi connectivity index (χ0) is 19.4. The van der Waals surface area contributed by atoms with Crippen LogP contribution in [0.25, 0.3) is 10.8 Å². The van der Waals surface area contributed by atoms with Crippen molar-refractivity contribution < 1.29 is 9.47 Å². The highest BCUT2D eigenvalue weighted by Crippen LogP contribution is 2.34. The number of aromatic nitrogens is 2. The van der Waals surface area contributed by atoms with Gasteiger partial charge in [-0.25, -0.2) is 4.98 Å². The second-order valence-corrected chi connectivity index (χ2v) is 6.32. The highest BCUT2D eigenvalue weighted by Gasteiger charge is 2.14. The fourth-order valence-electron chi connectivity index (χ4n) is 3.01. The maximum Gasteiger partial charge on any atom is 0.161 e. The third-order valence-electron chi connectivity index (χ3n) is 4.34. The average molecular weight is 385 g/mol. The summed E-state index contributed by atoms with van der Waals surface area (Å²) in [7, 11) is 3.22. The van der Waals surface area contributed by atoms with E-state index in [1.807, 2.05) is 25.3 Å². The molecule has 2 heterocycles. The van der Waals surface area contributed by atoms with Crippen molar-refractivity contribution in [3.8, 4) is 11.5 Å². The Bertz CT molecular complexity index is 991. The van der Waals surface area contributed by atoms with E-state index in [9.17, 15) is 0 Å². The largest absolute Gasteiger partial charge is 0.493 e. The van der Waals surface area contributed by atoms with Gasteiger partial charge in [0, 0.05) is 43.2 Å². The number of ether oxygens (including phenoxy) is 2. The van der Waals surface area contributed by atoms with E-state index in [2.05, 4.69) is 15.3 Å². The van der Waals surface area contributed by atoms with Crippen molar-refractivity contribution in [2.45, 2.75) is 13.3 Å². The molecule has 0 spiro atoms. The number of rotatable bonds is 7. The molecule has 1 aromatic carbocycles.